The summed E-state index contributed by atoms with van der Waals surface area (Å²) >= 11 is 3.88. The van der Waals surface area contributed by atoms with Gasteiger partial charge in [-0.05, 0) is 42.2 Å². The molecule has 0 unspecified atom stereocenters. The van der Waals surface area contributed by atoms with Gasteiger partial charge in [0.05, 0.1) is 17.3 Å². The van der Waals surface area contributed by atoms with Crippen LogP contribution in [0.15, 0.2) is 24.3 Å². The first-order valence-electron chi connectivity index (χ1n) is 5.51. The second kappa shape index (κ2) is 6.21. The summed E-state index contributed by atoms with van der Waals surface area (Å²) in [4.78, 5) is 13.1. The van der Waals surface area contributed by atoms with Crippen molar-refractivity contribution in [2.75, 3.05) is 28.2 Å². The molecule has 0 bridgehead atoms. The molecule has 0 aliphatic carbocycles. The van der Waals surface area contributed by atoms with Crippen molar-refractivity contribution < 1.29 is 9.90 Å². The minimum Gasteiger partial charge on any atom is -0.478 e. The number of carboxylic acids is 1. The number of aromatic carboxylic acids is 1. The Morgan fingerprint density at radius 2 is 1.71 bits per heavy atom. The molecular formula is C12H15NO2S2. The first kappa shape index (κ1) is 12.6. The van der Waals surface area contributed by atoms with Crippen LogP contribution in [0.3, 0.4) is 0 Å². The van der Waals surface area contributed by atoms with Gasteiger partial charge < -0.3 is 10.0 Å². The van der Waals surface area contributed by atoms with Crippen molar-refractivity contribution >= 4 is 35.2 Å². The summed E-state index contributed by atoms with van der Waals surface area (Å²) in [6.45, 7) is 0. The average molecular weight is 269 g/mol. The third-order valence-electron chi connectivity index (χ3n) is 2.55. The maximum Gasteiger partial charge on any atom is 0.335 e. The molecule has 0 atom stereocenters. The lowest BCUT2D eigenvalue weighted by Gasteiger charge is -2.26. The Balaban J connectivity index is 2.06. The molecular weight excluding hydrogens is 254 g/mol. The zero-order valence-electron chi connectivity index (χ0n) is 9.46. The third-order valence-corrected chi connectivity index (χ3v) is 4.69. The van der Waals surface area contributed by atoms with Gasteiger partial charge in [-0.2, -0.15) is 0 Å². The highest BCUT2D eigenvalue weighted by Crippen LogP contribution is 2.23. The normalized spacial score (nSPS) is 17.3. The third kappa shape index (κ3) is 3.57. The number of benzene rings is 1. The van der Waals surface area contributed by atoms with Crippen LogP contribution in [0.1, 0.15) is 16.8 Å². The smallest absolute Gasteiger partial charge is 0.335 e. The van der Waals surface area contributed by atoms with Crippen molar-refractivity contribution in [3.8, 4) is 0 Å². The Morgan fingerprint density at radius 1 is 1.12 bits per heavy atom. The van der Waals surface area contributed by atoms with E-state index in [1.54, 1.807) is 12.1 Å². The summed E-state index contributed by atoms with van der Waals surface area (Å²) in [5.74, 6) is 3.51. The van der Waals surface area contributed by atoms with E-state index in [1.807, 2.05) is 35.7 Å². The van der Waals surface area contributed by atoms with Gasteiger partial charge in [-0.15, -0.1) is 23.5 Å². The fourth-order valence-electron chi connectivity index (χ4n) is 1.61. The average Bonchev–Trinajstić information content (AvgIpc) is 2.29. The first-order valence-corrected chi connectivity index (χ1v) is 7.82. The van der Waals surface area contributed by atoms with Gasteiger partial charge in [0, 0.05) is 5.69 Å². The predicted octanol–water partition coefficient (Wildman–Crippen LogP) is 2.98. The highest BCUT2D eigenvalue weighted by Gasteiger charge is 2.10. The lowest BCUT2D eigenvalue weighted by atomic mass is 10.2. The molecule has 0 spiro atoms. The summed E-state index contributed by atoms with van der Waals surface area (Å²) < 4.78 is 0. The molecule has 1 N–H and O–H groups in total. The van der Waals surface area contributed by atoms with E-state index in [9.17, 15) is 4.79 Å². The summed E-state index contributed by atoms with van der Waals surface area (Å²) in [7, 11) is 0. The molecule has 1 heterocycles. The summed E-state index contributed by atoms with van der Waals surface area (Å²) in [5.41, 5.74) is 1.46. The van der Waals surface area contributed by atoms with Gasteiger partial charge in [-0.25, -0.2) is 4.79 Å². The number of thioether (sulfide) groups is 2. The molecule has 1 aliphatic rings. The van der Waals surface area contributed by atoms with Crippen molar-refractivity contribution in [1.82, 2.24) is 0 Å². The second-order valence-electron chi connectivity index (χ2n) is 3.82. The number of carboxylic acid groups (broad SMARTS) is 1. The number of carbonyl (C=O) groups is 1. The minimum absolute atomic E-state index is 0.348. The number of hydrogen-bond acceptors (Lipinski definition) is 4. The number of hydrogen-bond donors (Lipinski definition) is 1. The van der Waals surface area contributed by atoms with E-state index in [0.717, 1.165) is 17.4 Å². The molecule has 0 amide bonds. The van der Waals surface area contributed by atoms with Gasteiger partial charge in [-0.3, -0.25) is 0 Å². The van der Waals surface area contributed by atoms with Crippen LogP contribution >= 0.6 is 23.5 Å². The Morgan fingerprint density at radius 3 is 2.24 bits per heavy atom. The second-order valence-corrected chi connectivity index (χ2v) is 5.97. The summed E-state index contributed by atoms with van der Waals surface area (Å²) in [5, 5.41) is 8.85. The fourth-order valence-corrected chi connectivity index (χ4v) is 3.79. The van der Waals surface area contributed by atoms with Gasteiger partial charge in [0.2, 0.25) is 0 Å². The molecule has 1 saturated heterocycles. The molecule has 1 aromatic carbocycles. The highest BCUT2D eigenvalue weighted by atomic mass is 32.2. The molecule has 1 fully saturated rings. The molecule has 5 heteroatoms. The van der Waals surface area contributed by atoms with Crippen LogP contribution in [0.4, 0.5) is 5.69 Å². The van der Waals surface area contributed by atoms with Gasteiger partial charge in [0.15, 0.2) is 0 Å². The van der Waals surface area contributed by atoms with Crippen molar-refractivity contribution in [2.24, 2.45) is 0 Å². The Labute approximate surface area is 110 Å². The fraction of sp³-hybridized carbons (Fsp3) is 0.417. The van der Waals surface area contributed by atoms with Crippen LogP contribution < -0.4 is 4.90 Å². The van der Waals surface area contributed by atoms with Crippen LogP contribution in [-0.2, 0) is 0 Å². The van der Waals surface area contributed by atoms with Crippen LogP contribution in [0.25, 0.3) is 0 Å². The lowest BCUT2D eigenvalue weighted by molar-refractivity contribution is 0.0697. The van der Waals surface area contributed by atoms with Gasteiger partial charge in [0.25, 0.3) is 0 Å². The highest BCUT2D eigenvalue weighted by molar-refractivity contribution is 8.00. The van der Waals surface area contributed by atoms with E-state index in [-0.39, 0.29) is 0 Å². The van der Waals surface area contributed by atoms with Crippen LogP contribution in [0.2, 0.25) is 0 Å². The van der Waals surface area contributed by atoms with Crippen LogP contribution in [-0.4, -0.2) is 34.3 Å². The SMILES string of the molecule is O=C(O)c1ccc(N2CSCCCSC2)cc1. The molecule has 0 saturated carbocycles. The standard InChI is InChI=1S/C12H15NO2S2/c14-12(15)10-2-4-11(5-3-10)13-8-16-6-1-7-17-9-13/h2-5H,1,6-9H2,(H,14,15). The largest absolute Gasteiger partial charge is 0.478 e. The number of rotatable bonds is 2. The van der Waals surface area contributed by atoms with Crippen molar-refractivity contribution in [2.45, 2.75) is 6.42 Å². The lowest BCUT2D eigenvalue weighted by Crippen LogP contribution is -2.24. The summed E-state index contributed by atoms with van der Waals surface area (Å²) in [6, 6.07) is 7.13. The quantitative estimate of drug-likeness (QED) is 0.894. The maximum absolute atomic E-state index is 10.8. The van der Waals surface area contributed by atoms with Crippen molar-refractivity contribution in [3.63, 3.8) is 0 Å². The molecule has 1 aromatic rings. The minimum atomic E-state index is -0.868. The predicted molar refractivity (Wildman–Crippen MR) is 75.1 cm³/mol. The first-order chi connectivity index (χ1) is 8.27. The Hall–Kier alpha value is -0.810. The van der Waals surface area contributed by atoms with E-state index in [1.165, 1.54) is 17.9 Å². The molecule has 17 heavy (non-hydrogen) atoms. The molecule has 0 radical (unpaired) electrons. The Bertz CT molecular complexity index is 373. The van der Waals surface area contributed by atoms with E-state index >= 15 is 0 Å². The van der Waals surface area contributed by atoms with E-state index in [4.69, 9.17) is 5.11 Å². The van der Waals surface area contributed by atoms with Gasteiger partial charge in [-0.1, -0.05) is 0 Å². The molecule has 92 valence electrons. The van der Waals surface area contributed by atoms with Crippen LogP contribution in [0, 0.1) is 0 Å². The zero-order chi connectivity index (χ0) is 12.1. The van der Waals surface area contributed by atoms with Crippen LogP contribution in [0.5, 0.6) is 0 Å². The summed E-state index contributed by atoms with van der Waals surface area (Å²) in [6.07, 6.45) is 1.28. The number of nitrogens with zero attached hydrogens (tertiary/aromatic N) is 1. The Kier molecular flexibility index (Phi) is 4.62. The number of anilines is 1. The molecule has 3 nitrogen and oxygen atoms in total. The molecule has 2 rings (SSSR count). The zero-order valence-corrected chi connectivity index (χ0v) is 11.1. The van der Waals surface area contributed by atoms with E-state index in [0.29, 0.717) is 5.56 Å². The molecule has 1 aliphatic heterocycles. The van der Waals surface area contributed by atoms with Gasteiger partial charge >= 0.3 is 5.97 Å². The molecule has 0 aromatic heterocycles. The van der Waals surface area contributed by atoms with Crippen molar-refractivity contribution in [1.29, 1.82) is 0 Å². The van der Waals surface area contributed by atoms with Crippen molar-refractivity contribution in [3.05, 3.63) is 29.8 Å². The van der Waals surface area contributed by atoms with E-state index < -0.39 is 5.97 Å². The van der Waals surface area contributed by atoms with E-state index in [2.05, 4.69) is 4.90 Å². The topological polar surface area (TPSA) is 40.5 Å². The monoisotopic (exact) mass is 269 g/mol. The van der Waals surface area contributed by atoms with Gasteiger partial charge in [0.1, 0.15) is 0 Å². The maximum atomic E-state index is 10.8.